The molecule has 0 fully saturated rings. The molecule has 124 valence electrons. The zero-order valence-corrected chi connectivity index (χ0v) is 15.2. The van der Waals surface area contributed by atoms with Gasteiger partial charge in [0, 0.05) is 25.4 Å². The van der Waals surface area contributed by atoms with Crippen LogP contribution in [0.5, 0.6) is 0 Å². The maximum atomic E-state index is 12.3. The van der Waals surface area contributed by atoms with Crippen molar-refractivity contribution in [3.05, 3.63) is 45.6 Å². The zero-order chi connectivity index (χ0) is 17.6. The first kappa shape index (κ1) is 16.4. The maximum Gasteiger partial charge on any atom is 0.265 e. The van der Waals surface area contributed by atoms with Crippen LogP contribution in [0, 0.1) is 20.8 Å². The Labute approximate surface area is 144 Å². The van der Waals surface area contributed by atoms with Gasteiger partial charge in [-0.05, 0) is 26.3 Å². The highest BCUT2D eigenvalue weighted by Gasteiger charge is 2.23. The number of benzene rings is 1. The lowest BCUT2D eigenvalue weighted by Crippen LogP contribution is -2.21. The second kappa shape index (κ2) is 5.87. The summed E-state index contributed by atoms with van der Waals surface area (Å²) in [5.41, 5.74) is 5.09. The Morgan fingerprint density at radius 2 is 1.96 bits per heavy atom. The largest absolute Gasteiger partial charge is 0.344 e. The number of thiazole rings is 1. The standard InChI is InChI=1S/C18H19N3O2S/c1-10-6-7-13(11(2)8-10)15-14(9-22)21-12(3)16(17(23)20(4)5)24-18(21)19-15/h6-9H,1-5H3. The summed E-state index contributed by atoms with van der Waals surface area (Å²) in [7, 11) is 3.43. The van der Waals surface area contributed by atoms with Gasteiger partial charge < -0.3 is 4.90 Å². The molecule has 0 saturated heterocycles. The molecule has 6 heteroatoms. The molecule has 1 amide bonds. The fourth-order valence-corrected chi connectivity index (χ4v) is 4.01. The van der Waals surface area contributed by atoms with Crippen molar-refractivity contribution < 1.29 is 9.59 Å². The minimum atomic E-state index is -0.0760. The number of hydrogen-bond donors (Lipinski definition) is 0. The molecule has 0 bridgehead atoms. The fraction of sp³-hybridized carbons (Fsp3) is 0.278. The van der Waals surface area contributed by atoms with E-state index in [0.29, 0.717) is 21.2 Å². The Hall–Kier alpha value is -2.47. The van der Waals surface area contributed by atoms with Crippen LogP contribution in [0.4, 0.5) is 0 Å². The van der Waals surface area contributed by atoms with Crippen molar-refractivity contribution in [3.63, 3.8) is 0 Å². The topological polar surface area (TPSA) is 54.7 Å². The monoisotopic (exact) mass is 341 g/mol. The summed E-state index contributed by atoms with van der Waals surface area (Å²) < 4.78 is 1.78. The molecule has 0 saturated carbocycles. The molecule has 0 N–H and O–H groups in total. The number of aldehydes is 1. The van der Waals surface area contributed by atoms with E-state index in [1.165, 1.54) is 21.8 Å². The third-order valence-electron chi connectivity index (χ3n) is 4.09. The minimum absolute atomic E-state index is 0.0760. The summed E-state index contributed by atoms with van der Waals surface area (Å²) in [5.74, 6) is -0.0760. The van der Waals surface area contributed by atoms with Gasteiger partial charge in [0.1, 0.15) is 16.3 Å². The van der Waals surface area contributed by atoms with E-state index in [-0.39, 0.29) is 5.91 Å². The lowest BCUT2D eigenvalue weighted by atomic mass is 10.0. The fourth-order valence-electron chi connectivity index (χ4n) is 2.86. The number of hydrogen-bond acceptors (Lipinski definition) is 4. The summed E-state index contributed by atoms with van der Waals surface area (Å²) in [6.45, 7) is 5.89. The number of amides is 1. The van der Waals surface area contributed by atoms with Gasteiger partial charge >= 0.3 is 0 Å². The summed E-state index contributed by atoms with van der Waals surface area (Å²) >= 11 is 1.32. The summed E-state index contributed by atoms with van der Waals surface area (Å²) in [4.78, 5) is 31.5. The normalized spacial score (nSPS) is 11.0. The minimum Gasteiger partial charge on any atom is -0.344 e. The van der Waals surface area contributed by atoms with Gasteiger partial charge in [-0.25, -0.2) is 4.98 Å². The van der Waals surface area contributed by atoms with Crippen LogP contribution >= 0.6 is 11.3 Å². The second-order valence-corrected chi connectivity index (χ2v) is 7.09. The van der Waals surface area contributed by atoms with Crippen LogP contribution in [-0.2, 0) is 0 Å². The van der Waals surface area contributed by atoms with Gasteiger partial charge in [0.25, 0.3) is 5.91 Å². The van der Waals surface area contributed by atoms with Crippen LogP contribution in [0.1, 0.15) is 37.0 Å². The molecule has 0 spiro atoms. The van der Waals surface area contributed by atoms with Crippen molar-refractivity contribution in [1.29, 1.82) is 0 Å². The van der Waals surface area contributed by atoms with Gasteiger partial charge in [0.05, 0.1) is 0 Å². The van der Waals surface area contributed by atoms with E-state index in [2.05, 4.69) is 11.1 Å². The molecule has 24 heavy (non-hydrogen) atoms. The predicted molar refractivity (Wildman–Crippen MR) is 96.1 cm³/mol. The first-order valence-electron chi connectivity index (χ1n) is 7.61. The zero-order valence-electron chi connectivity index (χ0n) is 14.4. The van der Waals surface area contributed by atoms with Crippen molar-refractivity contribution >= 4 is 28.5 Å². The number of carbonyl (C=O) groups excluding carboxylic acids is 2. The average Bonchev–Trinajstić information content (AvgIpc) is 3.03. The molecule has 3 rings (SSSR count). The maximum absolute atomic E-state index is 12.3. The Balaban J connectivity index is 2.26. The summed E-state index contributed by atoms with van der Waals surface area (Å²) in [6, 6.07) is 6.08. The number of fused-ring (bicyclic) bond motifs is 1. The molecular formula is C18H19N3O2S. The van der Waals surface area contributed by atoms with Crippen molar-refractivity contribution in [1.82, 2.24) is 14.3 Å². The number of aromatic nitrogens is 2. The molecule has 0 atom stereocenters. The average molecular weight is 341 g/mol. The number of imidazole rings is 1. The molecule has 0 aliphatic heterocycles. The number of rotatable bonds is 3. The lowest BCUT2D eigenvalue weighted by molar-refractivity contribution is 0.0831. The molecular weight excluding hydrogens is 322 g/mol. The molecule has 0 aliphatic carbocycles. The van der Waals surface area contributed by atoms with Crippen LogP contribution in [0.25, 0.3) is 16.2 Å². The molecule has 2 aromatic heterocycles. The third kappa shape index (κ3) is 2.43. The van der Waals surface area contributed by atoms with Gasteiger partial charge in [0.2, 0.25) is 0 Å². The van der Waals surface area contributed by atoms with Crippen molar-refractivity contribution in [2.75, 3.05) is 14.1 Å². The van der Waals surface area contributed by atoms with Gasteiger partial charge in [0.15, 0.2) is 11.2 Å². The molecule has 0 radical (unpaired) electrons. The highest BCUT2D eigenvalue weighted by atomic mass is 32.1. The van der Waals surface area contributed by atoms with Crippen LogP contribution in [0.15, 0.2) is 18.2 Å². The SMILES string of the molecule is Cc1ccc(-c2nc3sc(C(=O)N(C)C)c(C)n3c2C=O)c(C)c1. The Kier molecular flexibility index (Phi) is 4.01. The molecule has 1 aromatic carbocycles. The Bertz CT molecular complexity index is 966. The highest BCUT2D eigenvalue weighted by molar-refractivity contribution is 7.19. The highest BCUT2D eigenvalue weighted by Crippen LogP contribution is 2.32. The second-order valence-electron chi connectivity index (χ2n) is 6.12. The lowest BCUT2D eigenvalue weighted by Gasteiger charge is -2.09. The van der Waals surface area contributed by atoms with Gasteiger partial charge in [-0.15, -0.1) is 0 Å². The van der Waals surface area contributed by atoms with Gasteiger partial charge in [-0.1, -0.05) is 35.1 Å². The van der Waals surface area contributed by atoms with E-state index in [9.17, 15) is 9.59 Å². The number of aryl methyl sites for hydroxylation is 3. The molecule has 5 nitrogen and oxygen atoms in total. The van der Waals surface area contributed by atoms with E-state index in [0.717, 1.165) is 23.1 Å². The van der Waals surface area contributed by atoms with Crippen LogP contribution in [-0.4, -0.2) is 40.6 Å². The Morgan fingerprint density at radius 1 is 1.25 bits per heavy atom. The first-order chi connectivity index (χ1) is 11.3. The smallest absolute Gasteiger partial charge is 0.265 e. The van der Waals surface area contributed by atoms with Crippen LogP contribution < -0.4 is 0 Å². The van der Waals surface area contributed by atoms with Crippen LogP contribution in [0.3, 0.4) is 0 Å². The van der Waals surface area contributed by atoms with Crippen molar-refractivity contribution in [2.45, 2.75) is 20.8 Å². The van der Waals surface area contributed by atoms with Crippen molar-refractivity contribution in [3.8, 4) is 11.3 Å². The summed E-state index contributed by atoms with van der Waals surface area (Å²) in [6.07, 6.45) is 0.818. The first-order valence-corrected chi connectivity index (χ1v) is 8.43. The summed E-state index contributed by atoms with van der Waals surface area (Å²) in [5, 5.41) is 0. The van der Waals surface area contributed by atoms with Gasteiger partial charge in [-0.2, -0.15) is 0 Å². The molecule has 0 aliphatic rings. The van der Waals surface area contributed by atoms with E-state index in [1.807, 2.05) is 32.9 Å². The van der Waals surface area contributed by atoms with Crippen molar-refractivity contribution in [2.24, 2.45) is 0 Å². The molecule has 0 unspecified atom stereocenters. The molecule has 2 heterocycles. The quantitative estimate of drug-likeness (QED) is 0.685. The van der Waals surface area contributed by atoms with E-state index in [4.69, 9.17) is 0 Å². The predicted octanol–water partition coefficient (Wildman–Crippen LogP) is 3.50. The van der Waals surface area contributed by atoms with E-state index >= 15 is 0 Å². The molecule has 3 aromatic rings. The Morgan fingerprint density at radius 3 is 2.54 bits per heavy atom. The van der Waals surface area contributed by atoms with Gasteiger partial charge in [-0.3, -0.25) is 14.0 Å². The van der Waals surface area contributed by atoms with Crippen LogP contribution in [0.2, 0.25) is 0 Å². The number of nitrogens with zero attached hydrogens (tertiary/aromatic N) is 3. The van der Waals surface area contributed by atoms with E-state index < -0.39 is 0 Å². The number of carbonyl (C=O) groups is 2. The van der Waals surface area contributed by atoms with E-state index in [1.54, 1.807) is 18.5 Å². The third-order valence-corrected chi connectivity index (χ3v) is 5.22.